The number of hydrogen-bond donors (Lipinski definition) is 1. The van der Waals surface area contributed by atoms with E-state index in [1.54, 1.807) is 18.4 Å². The van der Waals surface area contributed by atoms with Crippen molar-refractivity contribution in [1.82, 2.24) is 15.2 Å². The number of unbranched alkanes of at least 4 members (excludes halogenated alkanes) is 1. The molecule has 0 bridgehead atoms. The minimum absolute atomic E-state index is 0. The number of thiazole rings is 1. The first-order valence-corrected chi connectivity index (χ1v) is 10.0. The molecule has 0 amide bonds. The van der Waals surface area contributed by atoms with Crippen LogP contribution in [0.25, 0.3) is 0 Å². The van der Waals surface area contributed by atoms with Gasteiger partial charge in [0, 0.05) is 37.8 Å². The van der Waals surface area contributed by atoms with E-state index in [4.69, 9.17) is 4.74 Å². The Hall–Kier alpha value is -0.900. The maximum absolute atomic E-state index is 12.0. The van der Waals surface area contributed by atoms with Crippen LogP contribution in [0.1, 0.15) is 43.3 Å². The van der Waals surface area contributed by atoms with Crippen molar-refractivity contribution in [3.8, 4) is 0 Å². The topological polar surface area (TPSA) is 66.8 Å². The molecule has 0 spiro atoms. The first kappa shape index (κ1) is 23.1. The highest BCUT2D eigenvalue weighted by molar-refractivity contribution is 14.0. The number of hydrogen-bond acceptors (Lipinski definition) is 5. The predicted octanol–water partition coefficient (Wildman–Crippen LogP) is 3.24. The van der Waals surface area contributed by atoms with E-state index in [0.717, 1.165) is 56.8 Å². The van der Waals surface area contributed by atoms with Gasteiger partial charge in [-0.05, 0) is 46.0 Å². The molecule has 1 aliphatic heterocycles. The molecule has 0 aromatic carbocycles. The summed E-state index contributed by atoms with van der Waals surface area (Å²) in [5, 5.41) is 6.75. The standard InChI is InChI=1S/C18H30N4O2S.HI/c1-4-24-17(23)15-8-7-11-22(12-15)18(19-3)20-10-6-5-9-16-21-14(2)13-25-16;/h13,15H,4-12H2,1-3H3,(H,19,20);1H. The van der Waals surface area contributed by atoms with Crippen molar-refractivity contribution in [2.75, 3.05) is 33.3 Å². The minimum Gasteiger partial charge on any atom is -0.466 e. The van der Waals surface area contributed by atoms with Gasteiger partial charge in [-0.25, -0.2) is 4.98 Å². The van der Waals surface area contributed by atoms with Crippen molar-refractivity contribution in [2.45, 2.75) is 46.0 Å². The molecule has 1 fully saturated rings. The van der Waals surface area contributed by atoms with Gasteiger partial charge in [0.25, 0.3) is 0 Å². The summed E-state index contributed by atoms with van der Waals surface area (Å²) in [6.45, 7) is 6.85. The fourth-order valence-corrected chi connectivity index (χ4v) is 3.89. The number of carbonyl (C=O) groups is 1. The van der Waals surface area contributed by atoms with Crippen LogP contribution >= 0.6 is 35.3 Å². The Bertz CT molecular complexity index is 579. The van der Waals surface area contributed by atoms with Gasteiger partial charge in [-0.3, -0.25) is 9.79 Å². The molecule has 0 aliphatic carbocycles. The van der Waals surface area contributed by atoms with Crippen LogP contribution in [0.2, 0.25) is 0 Å². The summed E-state index contributed by atoms with van der Waals surface area (Å²) in [6, 6.07) is 0. The molecule has 0 radical (unpaired) electrons. The van der Waals surface area contributed by atoms with E-state index in [2.05, 4.69) is 25.6 Å². The SMILES string of the molecule is CCOC(=O)C1CCCN(C(=NC)NCCCCc2nc(C)cs2)C1.I. The molecule has 26 heavy (non-hydrogen) atoms. The smallest absolute Gasteiger partial charge is 0.310 e. The Morgan fingerprint density at radius 2 is 2.31 bits per heavy atom. The summed E-state index contributed by atoms with van der Waals surface area (Å²) in [6.07, 6.45) is 5.12. The van der Waals surface area contributed by atoms with Crippen molar-refractivity contribution < 1.29 is 9.53 Å². The third-order valence-electron chi connectivity index (χ3n) is 4.32. The zero-order chi connectivity index (χ0) is 18.1. The Balaban J connectivity index is 0.00000338. The number of likely N-dealkylation sites (tertiary alicyclic amines) is 1. The van der Waals surface area contributed by atoms with Crippen molar-refractivity contribution >= 4 is 47.2 Å². The number of halogens is 1. The van der Waals surface area contributed by atoms with E-state index >= 15 is 0 Å². The lowest BCUT2D eigenvalue weighted by atomic mass is 9.98. The molecule has 1 aliphatic rings. The Morgan fingerprint density at radius 1 is 1.50 bits per heavy atom. The van der Waals surface area contributed by atoms with Gasteiger partial charge >= 0.3 is 5.97 Å². The number of piperidine rings is 1. The van der Waals surface area contributed by atoms with E-state index < -0.39 is 0 Å². The van der Waals surface area contributed by atoms with Crippen molar-refractivity contribution in [2.24, 2.45) is 10.9 Å². The average molecular weight is 494 g/mol. The number of carbonyl (C=O) groups excluding carboxylic acids is 1. The number of aliphatic imine (C=N–C) groups is 1. The lowest BCUT2D eigenvalue weighted by molar-refractivity contribution is -0.149. The Labute approximate surface area is 177 Å². The molecule has 1 aromatic heterocycles. The van der Waals surface area contributed by atoms with Crippen LogP contribution in [0.5, 0.6) is 0 Å². The van der Waals surface area contributed by atoms with Crippen molar-refractivity contribution in [3.05, 3.63) is 16.1 Å². The number of nitrogens with zero attached hydrogens (tertiary/aromatic N) is 3. The molecular formula is C18H31IN4O2S. The Kier molecular flexibility index (Phi) is 11.1. The fraction of sp³-hybridized carbons (Fsp3) is 0.722. The van der Waals surface area contributed by atoms with Crippen LogP contribution in [0.4, 0.5) is 0 Å². The molecule has 1 saturated heterocycles. The second kappa shape index (κ2) is 12.5. The van der Waals surface area contributed by atoms with E-state index in [9.17, 15) is 4.79 Å². The fourth-order valence-electron chi connectivity index (χ4n) is 3.07. The summed E-state index contributed by atoms with van der Waals surface area (Å²) in [5.41, 5.74) is 1.11. The quantitative estimate of drug-likeness (QED) is 0.207. The lowest BCUT2D eigenvalue weighted by Gasteiger charge is -2.33. The number of rotatable bonds is 7. The van der Waals surface area contributed by atoms with Crippen LogP contribution in [0, 0.1) is 12.8 Å². The predicted molar refractivity (Wildman–Crippen MR) is 117 cm³/mol. The van der Waals surface area contributed by atoms with E-state index in [1.807, 2.05) is 13.8 Å². The van der Waals surface area contributed by atoms with Gasteiger partial charge in [-0.1, -0.05) is 0 Å². The maximum atomic E-state index is 12.0. The molecule has 0 saturated carbocycles. The zero-order valence-electron chi connectivity index (χ0n) is 16.0. The normalized spacial score (nSPS) is 17.6. The van der Waals surface area contributed by atoms with Crippen LogP contribution in [-0.2, 0) is 16.0 Å². The zero-order valence-corrected chi connectivity index (χ0v) is 19.1. The molecule has 6 nitrogen and oxygen atoms in total. The van der Waals surface area contributed by atoms with Crippen molar-refractivity contribution in [1.29, 1.82) is 0 Å². The van der Waals surface area contributed by atoms with Gasteiger partial charge in [0.15, 0.2) is 5.96 Å². The van der Waals surface area contributed by atoms with Gasteiger partial charge in [0.05, 0.1) is 17.5 Å². The van der Waals surface area contributed by atoms with Gasteiger partial charge in [0.2, 0.25) is 0 Å². The summed E-state index contributed by atoms with van der Waals surface area (Å²) < 4.78 is 5.17. The first-order chi connectivity index (χ1) is 12.1. The van der Waals surface area contributed by atoms with Gasteiger partial charge in [0.1, 0.15) is 0 Å². The largest absolute Gasteiger partial charge is 0.466 e. The highest BCUT2D eigenvalue weighted by Crippen LogP contribution is 2.18. The molecular weight excluding hydrogens is 463 g/mol. The highest BCUT2D eigenvalue weighted by atomic mass is 127. The van der Waals surface area contributed by atoms with Gasteiger partial charge < -0.3 is 15.0 Å². The van der Waals surface area contributed by atoms with Gasteiger partial charge in [-0.2, -0.15) is 0 Å². The molecule has 1 N–H and O–H groups in total. The maximum Gasteiger partial charge on any atom is 0.310 e. The monoisotopic (exact) mass is 494 g/mol. The molecule has 148 valence electrons. The minimum atomic E-state index is -0.0820. The molecule has 8 heteroatoms. The first-order valence-electron chi connectivity index (χ1n) is 9.17. The van der Waals surface area contributed by atoms with Crippen LogP contribution in [0.3, 0.4) is 0 Å². The third-order valence-corrected chi connectivity index (χ3v) is 5.35. The molecule has 1 aromatic rings. The lowest BCUT2D eigenvalue weighted by Crippen LogP contribution is -2.48. The van der Waals surface area contributed by atoms with E-state index in [-0.39, 0.29) is 35.9 Å². The molecule has 2 rings (SSSR count). The van der Waals surface area contributed by atoms with Crippen LogP contribution in [0.15, 0.2) is 10.4 Å². The number of aromatic nitrogens is 1. The number of aryl methyl sites for hydroxylation is 2. The molecule has 1 unspecified atom stereocenters. The highest BCUT2D eigenvalue weighted by Gasteiger charge is 2.28. The molecule has 2 heterocycles. The van der Waals surface area contributed by atoms with Crippen molar-refractivity contribution in [3.63, 3.8) is 0 Å². The Morgan fingerprint density at radius 3 is 2.96 bits per heavy atom. The summed E-state index contributed by atoms with van der Waals surface area (Å²) in [7, 11) is 1.80. The average Bonchev–Trinajstić information content (AvgIpc) is 3.03. The van der Waals surface area contributed by atoms with Crippen LogP contribution < -0.4 is 5.32 Å². The number of nitrogens with one attached hydrogen (secondary N) is 1. The summed E-state index contributed by atoms with van der Waals surface area (Å²) >= 11 is 1.74. The number of esters is 1. The van der Waals surface area contributed by atoms with Crippen LogP contribution in [-0.4, -0.2) is 55.1 Å². The number of ether oxygens (including phenoxy) is 1. The van der Waals surface area contributed by atoms with E-state index in [0.29, 0.717) is 13.2 Å². The third kappa shape index (κ3) is 7.38. The van der Waals surface area contributed by atoms with Gasteiger partial charge in [-0.15, -0.1) is 35.3 Å². The number of guanidine groups is 1. The summed E-state index contributed by atoms with van der Waals surface area (Å²) in [4.78, 5) is 23.0. The second-order valence-electron chi connectivity index (χ2n) is 6.35. The second-order valence-corrected chi connectivity index (χ2v) is 7.29. The molecule has 1 atom stereocenters. The summed E-state index contributed by atoms with van der Waals surface area (Å²) in [5.74, 6) is 0.765. The van der Waals surface area contributed by atoms with E-state index in [1.165, 1.54) is 5.01 Å².